The summed E-state index contributed by atoms with van der Waals surface area (Å²) < 4.78 is 0. The van der Waals surface area contributed by atoms with Crippen molar-refractivity contribution < 1.29 is 9.90 Å². The highest BCUT2D eigenvalue weighted by atomic mass is 28.3. The number of carboxylic acid groups (broad SMARTS) is 1. The summed E-state index contributed by atoms with van der Waals surface area (Å²) in [5.41, 5.74) is -0.454. The Morgan fingerprint density at radius 3 is 1.69 bits per heavy atom. The van der Waals surface area contributed by atoms with Crippen LogP contribution in [0.4, 0.5) is 0 Å². The number of aliphatic carboxylic acids is 1. The molecule has 0 fully saturated rings. The highest BCUT2D eigenvalue weighted by Crippen LogP contribution is 2.36. The lowest BCUT2D eigenvalue weighted by Crippen LogP contribution is -2.37. The van der Waals surface area contributed by atoms with Crippen LogP contribution in [0.25, 0.3) is 0 Å². The largest absolute Gasteiger partial charge is 0.481 e. The first-order valence-electron chi connectivity index (χ1n) is 5.01. The van der Waals surface area contributed by atoms with Gasteiger partial charge in [0.15, 0.2) is 0 Å². The fourth-order valence-electron chi connectivity index (χ4n) is 1.89. The molecule has 0 heterocycles. The second-order valence-corrected chi connectivity index (χ2v) is 10.5. The van der Waals surface area contributed by atoms with Crippen molar-refractivity contribution in [1.82, 2.24) is 0 Å². The summed E-state index contributed by atoms with van der Waals surface area (Å²) in [6, 6.07) is 0.891. The molecule has 0 amide bonds. The first-order valence-corrected chi connectivity index (χ1v) is 8.71. The molecule has 0 atom stereocenters. The SMILES string of the molecule is CCC(CC)(C[Si](C)(C)C)C(=O)O. The fraction of sp³-hybridized carbons (Fsp3) is 0.900. The zero-order chi connectivity index (χ0) is 10.7. The lowest BCUT2D eigenvalue weighted by molar-refractivity contribution is -0.148. The number of hydrogen-bond donors (Lipinski definition) is 1. The van der Waals surface area contributed by atoms with Crippen LogP contribution >= 0.6 is 0 Å². The molecule has 13 heavy (non-hydrogen) atoms. The van der Waals surface area contributed by atoms with E-state index in [1.54, 1.807) is 0 Å². The smallest absolute Gasteiger partial charge is 0.309 e. The van der Waals surface area contributed by atoms with Crippen LogP contribution in [0, 0.1) is 5.41 Å². The first-order chi connectivity index (χ1) is 5.77. The van der Waals surface area contributed by atoms with Gasteiger partial charge >= 0.3 is 5.97 Å². The maximum atomic E-state index is 11.2. The van der Waals surface area contributed by atoms with Gasteiger partial charge in [-0.3, -0.25) is 4.79 Å². The quantitative estimate of drug-likeness (QED) is 0.695. The summed E-state index contributed by atoms with van der Waals surface area (Å²) in [6.45, 7) is 10.7. The lowest BCUT2D eigenvalue weighted by atomic mass is 9.85. The van der Waals surface area contributed by atoms with Gasteiger partial charge < -0.3 is 5.11 Å². The van der Waals surface area contributed by atoms with E-state index >= 15 is 0 Å². The van der Waals surface area contributed by atoms with Crippen molar-refractivity contribution in [2.45, 2.75) is 52.4 Å². The first kappa shape index (κ1) is 12.7. The zero-order valence-corrected chi connectivity index (χ0v) is 10.5. The van der Waals surface area contributed by atoms with Crippen LogP contribution in [0.3, 0.4) is 0 Å². The molecule has 0 bridgehead atoms. The van der Waals surface area contributed by atoms with Crippen LogP contribution < -0.4 is 0 Å². The standard InChI is InChI=1S/C10H22O2Si/c1-6-10(7-2,9(11)12)8-13(3,4)5/h6-8H2,1-5H3,(H,11,12). The van der Waals surface area contributed by atoms with Crippen molar-refractivity contribution in [2.75, 3.05) is 0 Å². The van der Waals surface area contributed by atoms with Crippen molar-refractivity contribution in [2.24, 2.45) is 5.41 Å². The van der Waals surface area contributed by atoms with Gasteiger partial charge in [-0.2, -0.15) is 0 Å². The molecule has 0 aliphatic heterocycles. The molecule has 0 rings (SSSR count). The van der Waals surface area contributed by atoms with E-state index in [4.69, 9.17) is 0 Å². The van der Waals surface area contributed by atoms with Crippen LogP contribution in [0.1, 0.15) is 26.7 Å². The van der Waals surface area contributed by atoms with E-state index in [1.165, 1.54) is 0 Å². The van der Waals surface area contributed by atoms with E-state index in [-0.39, 0.29) is 0 Å². The molecule has 3 heteroatoms. The Balaban J connectivity index is 4.69. The van der Waals surface area contributed by atoms with E-state index in [0.717, 1.165) is 18.9 Å². The van der Waals surface area contributed by atoms with Gasteiger partial charge in [0.25, 0.3) is 0 Å². The minimum absolute atomic E-state index is 0.454. The van der Waals surface area contributed by atoms with Crippen LogP contribution in [-0.2, 0) is 4.79 Å². The van der Waals surface area contributed by atoms with Crippen LogP contribution in [0.5, 0.6) is 0 Å². The molecule has 0 aliphatic carbocycles. The summed E-state index contributed by atoms with van der Waals surface area (Å²) in [7, 11) is -1.28. The summed E-state index contributed by atoms with van der Waals surface area (Å²) in [5.74, 6) is -0.611. The average Bonchev–Trinajstić information content (AvgIpc) is 1.98. The van der Waals surface area contributed by atoms with Crippen LogP contribution in [0.15, 0.2) is 0 Å². The highest BCUT2D eigenvalue weighted by Gasteiger charge is 2.38. The minimum Gasteiger partial charge on any atom is -0.481 e. The van der Waals surface area contributed by atoms with E-state index in [9.17, 15) is 9.90 Å². The Hall–Kier alpha value is -0.313. The van der Waals surface area contributed by atoms with Gasteiger partial charge in [-0.05, 0) is 18.9 Å². The summed E-state index contributed by atoms with van der Waals surface area (Å²) in [6.07, 6.45) is 1.51. The molecule has 0 aliphatic rings. The third kappa shape index (κ3) is 3.51. The Labute approximate surface area is 82.4 Å². The predicted octanol–water partition coefficient (Wildman–Crippen LogP) is 3.22. The van der Waals surface area contributed by atoms with Crippen molar-refractivity contribution in [3.63, 3.8) is 0 Å². The number of carboxylic acids is 1. The van der Waals surface area contributed by atoms with Crippen molar-refractivity contribution in [3.8, 4) is 0 Å². The molecule has 0 aromatic rings. The van der Waals surface area contributed by atoms with E-state index < -0.39 is 19.5 Å². The molecule has 0 saturated heterocycles. The molecule has 0 aromatic heterocycles. The number of rotatable bonds is 5. The molecular formula is C10H22O2Si. The molecule has 2 nitrogen and oxygen atoms in total. The maximum absolute atomic E-state index is 11.2. The maximum Gasteiger partial charge on any atom is 0.309 e. The minimum atomic E-state index is -1.28. The molecule has 1 N–H and O–H groups in total. The molecule has 0 unspecified atom stereocenters. The van der Waals surface area contributed by atoms with Crippen molar-refractivity contribution in [3.05, 3.63) is 0 Å². The second kappa shape index (κ2) is 4.27. The van der Waals surface area contributed by atoms with Gasteiger partial charge in [-0.25, -0.2) is 0 Å². The second-order valence-electron chi connectivity index (χ2n) is 5.03. The Morgan fingerprint density at radius 1 is 1.23 bits per heavy atom. The van der Waals surface area contributed by atoms with Crippen LogP contribution in [-0.4, -0.2) is 19.1 Å². The normalized spacial score (nSPS) is 13.0. The van der Waals surface area contributed by atoms with Gasteiger partial charge in [0.05, 0.1) is 5.41 Å². The summed E-state index contributed by atoms with van der Waals surface area (Å²) >= 11 is 0. The van der Waals surface area contributed by atoms with Gasteiger partial charge in [-0.1, -0.05) is 33.5 Å². The molecular weight excluding hydrogens is 180 g/mol. The highest BCUT2D eigenvalue weighted by molar-refractivity contribution is 6.76. The third-order valence-corrected chi connectivity index (χ3v) is 4.41. The molecule has 0 saturated carbocycles. The van der Waals surface area contributed by atoms with E-state index in [1.807, 2.05) is 13.8 Å². The average molecular weight is 202 g/mol. The van der Waals surface area contributed by atoms with Gasteiger partial charge in [0.2, 0.25) is 0 Å². The zero-order valence-electron chi connectivity index (χ0n) is 9.48. The summed E-state index contributed by atoms with van der Waals surface area (Å²) in [4.78, 5) is 11.2. The number of carbonyl (C=O) groups is 1. The predicted molar refractivity (Wildman–Crippen MR) is 58.8 cm³/mol. The fourth-order valence-corrected chi connectivity index (χ4v) is 4.57. The van der Waals surface area contributed by atoms with E-state index in [2.05, 4.69) is 19.6 Å². The van der Waals surface area contributed by atoms with Gasteiger partial charge in [0.1, 0.15) is 0 Å². The molecule has 0 radical (unpaired) electrons. The Morgan fingerprint density at radius 2 is 1.62 bits per heavy atom. The third-order valence-electron chi connectivity index (χ3n) is 2.68. The van der Waals surface area contributed by atoms with Crippen LogP contribution in [0.2, 0.25) is 25.7 Å². The number of hydrogen-bond acceptors (Lipinski definition) is 1. The summed E-state index contributed by atoms with van der Waals surface area (Å²) in [5, 5.41) is 9.21. The molecule has 78 valence electrons. The lowest BCUT2D eigenvalue weighted by Gasteiger charge is -2.32. The Kier molecular flexibility index (Phi) is 4.16. The monoisotopic (exact) mass is 202 g/mol. The molecule has 0 spiro atoms. The van der Waals surface area contributed by atoms with Gasteiger partial charge in [-0.15, -0.1) is 0 Å². The van der Waals surface area contributed by atoms with Crippen molar-refractivity contribution >= 4 is 14.0 Å². The Bertz CT molecular complexity index is 178. The van der Waals surface area contributed by atoms with Crippen molar-refractivity contribution in [1.29, 1.82) is 0 Å². The van der Waals surface area contributed by atoms with E-state index in [0.29, 0.717) is 0 Å². The topological polar surface area (TPSA) is 37.3 Å². The molecule has 0 aromatic carbocycles. The van der Waals surface area contributed by atoms with Gasteiger partial charge in [0, 0.05) is 8.07 Å².